The molecule has 0 fully saturated rings. The average Bonchev–Trinajstić information content (AvgIpc) is 1.27. The molecule has 0 aromatic rings. The summed E-state index contributed by atoms with van der Waals surface area (Å²) in [5.41, 5.74) is 0. The zero-order valence-electron chi connectivity index (χ0n) is 4.81. The van der Waals surface area contributed by atoms with Gasteiger partial charge in [-0.2, -0.15) is 0 Å². The molecular formula is C5H8ErO2. The van der Waals surface area contributed by atoms with Crippen LogP contribution >= 0.6 is 0 Å². The first-order valence-corrected chi connectivity index (χ1v) is 2.12. The van der Waals surface area contributed by atoms with Crippen LogP contribution in [0.3, 0.4) is 0 Å². The molecule has 0 aromatic heterocycles. The fourth-order valence-electron chi connectivity index (χ4n) is 0.351. The van der Waals surface area contributed by atoms with Gasteiger partial charge >= 0.3 is 0 Å². The summed E-state index contributed by atoms with van der Waals surface area (Å²) in [4.78, 5) is 20.1. The molecule has 0 aromatic carbocycles. The van der Waals surface area contributed by atoms with Gasteiger partial charge in [0.2, 0.25) is 0 Å². The molecule has 0 heterocycles. The van der Waals surface area contributed by atoms with Gasteiger partial charge in [0.25, 0.3) is 0 Å². The molecule has 0 radical (unpaired) electrons. The van der Waals surface area contributed by atoms with E-state index in [1.54, 1.807) is 0 Å². The van der Waals surface area contributed by atoms with Crippen molar-refractivity contribution in [3.8, 4) is 0 Å². The average molecular weight is 267 g/mol. The molecule has 0 aliphatic heterocycles. The number of hydrogen-bond acceptors (Lipinski definition) is 2. The van der Waals surface area contributed by atoms with E-state index in [1.807, 2.05) is 0 Å². The Morgan fingerprint density at radius 1 is 1.12 bits per heavy atom. The van der Waals surface area contributed by atoms with E-state index in [9.17, 15) is 9.59 Å². The molecule has 0 bridgehead atoms. The van der Waals surface area contributed by atoms with Crippen molar-refractivity contribution >= 4 is 11.6 Å². The number of ketones is 2. The van der Waals surface area contributed by atoms with Gasteiger partial charge in [-0.15, -0.1) is 0 Å². The Morgan fingerprint density at radius 3 is 1.38 bits per heavy atom. The number of Topliss-reactive ketones (excluding diaryl/α,β-unsaturated/α-hetero) is 2. The van der Waals surface area contributed by atoms with Crippen molar-refractivity contribution in [2.75, 3.05) is 0 Å². The zero-order valence-corrected chi connectivity index (χ0v) is 6.66. The molecule has 0 atom stereocenters. The quantitative estimate of drug-likeness (QED) is 0.685. The van der Waals surface area contributed by atoms with E-state index in [-0.39, 0.29) is 55.3 Å². The number of hydrogen-bond donors (Lipinski definition) is 0. The van der Waals surface area contributed by atoms with Crippen LogP contribution in [0.2, 0.25) is 0 Å². The Balaban J connectivity index is 0. The molecule has 0 spiro atoms. The monoisotopic (exact) mass is 266 g/mol. The van der Waals surface area contributed by atoms with Crippen LogP contribution in [-0.4, -0.2) is 11.6 Å². The maximum absolute atomic E-state index is 10.0. The summed E-state index contributed by atoms with van der Waals surface area (Å²) in [5, 5.41) is 0. The van der Waals surface area contributed by atoms with Crippen molar-refractivity contribution in [2.24, 2.45) is 0 Å². The van der Waals surface area contributed by atoms with Crippen molar-refractivity contribution in [1.29, 1.82) is 0 Å². The standard InChI is InChI=1S/C5H8O2.Er/c1-4(6)3-5(2)7;/h3H2,1-2H3;. The molecule has 0 amide bonds. The van der Waals surface area contributed by atoms with Gasteiger partial charge in [-0.3, -0.25) is 9.59 Å². The summed E-state index contributed by atoms with van der Waals surface area (Å²) in [6.07, 6.45) is 0.0833. The van der Waals surface area contributed by atoms with Crippen LogP contribution in [0.15, 0.2) is 0 Å². The summed E-state index contributed by atoms with van der Waals surface area (Å²) in [7, 11) is 0. The van der Waals surface area contributed by atoms with Crippen molar-refractivity contribution in [2.45, 2.75) is 20.3 Å². The van der Waals surface area contributed by atoms with Gasteiger partial charge in [-0.25, -0.2) is 0 Å². The second-order valence-corrected chi connectivity index (χ2v) is 1.58. The van der Waals surface area contributed by atoms with Gasteiger partial charge in [-0.05, 0) is 13.8 Å². The first kappa shape index (κ1) is 11.4. The van der Waals surface area contributed by atoms with E-state index in [0.29, 0.717) is 0 Å². The van der Waals surface area contributed by atoms with Crippen LogP contribution in [0.1, 0.15) is 20.3 Å². The molecule has 8 heavy (non-hydrogen) atoms. The fourth-order valence-corrected chi connectivity index (χ4v) is 0.351. The van der Waals surface area contributed by atoms with E-state index < -0.39 is 0 Å². The Labute approximate surface area is 78.2 Å². The van der Waals surface area contributed by atoms with Gasteiger partial charge in [-0.1, -0.05) is 0 Å². The van der Waals surface area contributed by atoms with Gasteiger partial charge in [0.1, 0.15) is 11.6 Å². The smallest absolute Gasteiger partial charge is 0.137 e. The Bertz CT molecular complexity index is 86.6. The zero-order chi connectivity index (χ0) is 5.86. The molecule has 0 aliphatic carbocycles. The molecule has 0 saturated heterocycles. The summed E-state index contributed by atoms with van der Waals surface area (Å²) >= 11 is 0. The van der Waals surface area contributed by atoms with E-state index in [1.165, 1.54) is 13.8 Å². The minimum atomic E-state index is -0.0625. The number of rotatable bonds is 2. The van der Waals surface area contributed by atoms with Gasteiger partial charge < -0.3 is 0 Å². The summed E-state index contributed by atoms with van der Waals surface area (Å²) in [5.74, 6) is -0.125. The van der Waals surface area contributed by atoms with Crippen molar-refractivity contribution < 1.29 is 46.9 Å². The predicted octanol–water partition coefficient (Wildman–Crippen LogP) is 0.554. The van der Waals surface area contributed by atoms with E-state index in [0.717, 1.165) is 0 Å². The summed E-state index contributed by atoms with van der Waals surface area (Å²) < 4.78 is 0. The molecule has 2 nitrogen and oxygen atoms in total. The first-order valence-electron chi connectivity index (χ1n) is 2.12. The van der Waals surface area contributed by atoms with Crippen molar-refractivity contribution in [1.82, 2.24) is 0 Å². The van der Waals surface area contributed by atoms with Crippen LogP contribution in [-0.2, 0) is 9.59 Å². The number of carbonyl (C=O) groups excluding carboxylic acids is 2. The van der Waals surface area contributed by atoms with Gasteiger partial charge in [0, 0.05) is 37.3 Å². The third-order valence-electron chi connectivity index (χ3n) is 0.498. The number of carbonyl (C=O) groups is 2. The summed E-state index contributed by atoms with van der Waals surface area (Å²) in [6, 6.07) is 0. The van der Waals surface area contributed by atoms with Crippen molar-refractivity contribution in [3.63, 3.8) is 0 Å². The predicted molar refractivity (Wildman–Crippen MR) is 26.0 cm³/mol. The maximum Gasteiger partial charge on any atom is 0.137 e. The topological polar surface area (TPSA) is 34.1 Å². The van der Waals surface area contributed by atoms with Crippen LogP contribution in [0.5, 0.6) is 0 Å². The van der Waals surface area contributed by atoms with Crippen LogP contribution in [0, 0.1) is 37.3 Å². The SMILES string of the molecule is CC(=O)CC(C)=O.[Er]. The first-order chi connectivity index (χ1) is 3.13. The van der Waals surface area contributed by atoms with Gasteiger partial charge in [0.15, 0.2) is 0 Å². The molecule has 0 rings (SSSR count). The van der Waals surface area contributed by atoms with E-state index >= 15 is 0 Å². The third-order valence-corrected chi connectivity index (χ3v) is 0.498. The van der Waals surface area contributed by atoms with E-state index in [4.69, 9.17) is 0 Å². The second kappa shape index (κ2) is 5.72. The minimum absolute atomic E-state index is 0. The maximum atomic E-state index is 10.0. The summed E-state index contributed by atoms with van der Waals surface area (Å²) in [6.45, 7) is 2.81. The Kier molecular flexibility index (Phi) is 8.14. The molecule has 0 N–H and O–H groups in total. The molecular weight excluding hydrogens is 259 g/mol. The molecule has 0 saturated carbocycles. The van der Waals surface area contributed by atoms with Crippen LogP contribution in [0.25, 0.3) is 0 Å². The Hall–Kier alpha value is 0.587. The second-order valence-electron chi connectivity index (χ2n) is 1.58. The van der Waals surface area contributed by atoms with Gasteiger partial charge in [0.05, 0.1) is 6.42 Å². The largest absolute Gasteiger partial charge is 0.300 e. The van der Waals surface area contributed by atoms with Crippen LogP contribution in [0.4, 0.5) is 0 Å². The van der Waals surface area contributed by atoms with E-state index in [2.05, 4.69) is 0 Å². The molecule has 52 valence electrons. The molecule has 3 heteroatoms. The minimum Gasteiger partial charge on any atom is -0.300 e. The third kappa shape index (κ3) is 9.77. The normalized spacial score (nSPS) is 7.25. The van der Waals surface area contributed by atoms with Crippen LogP contribution < -0.4 is 0 Å². The van der Waals surface area contributed by atoms with Crippen molar-refractivity contribution in [3.05, 3.63) is 0 Å². The molecule has 0 unspecified atom stereocenters. The fraction of sp³-hybridized carbons (Fsp3) is 0.600. The molecule has 0 aliphatic rings. The Morgan fingerprint density at radius 2 is 1.38 bits per heavy atom.